The third-order valence-electron chi connectivity index (χ3n) is 6.99. The van der Waals surface area contributed by atoms with Crippen molar-refractivity contribution in [2.24, 2.45) is 0 Å². The van der Waals surface area contributed by atoms with Gasteiger partial charge in [-0.25, -0.2) is 0 Å². The summed E-state index contributed by atoms with van der Waals surface area (Å²) < 4.78 is 45.6. The lowest BCUT2D eigenvalue weighted by Gasteiger charge is -2.50. The highest BCUT2D eigenvalue weighted by molar-refractivity contribution is 5.23. The molecule has 1 aromatic carbocycles. The zero-order valence-electron chi connectivity index (χ0n) is 18.7. The fraction of sp³-hybridized carbons (Fsp3) is 0.583. The molecule has 0 aliphatic carbocycles. The van der Waals surface area contributed by atoms with Crippen molar-refractivity contribution in [2.75, 3.05) is 53.0 Å². The smallest absolute Gasteiger partial charge is 0.381 e. The van der Waals surface area contributed by atoms with Crippen LogP contribution in [0, 0.1) is 0 Å². The molecule has 4 rings (SSSR count). The average Bonchev–Trinajstić information content (AvgIpc) is 2.79. The lowest BCUT2D eigenvalue weighted by molar-refractivity contribution is -0.113. The van der Waals surface area contributed by atoms with E-state index in [1.807, 2.05) is 6.07 Å². The number of rotatable bonds is 6. The first-order chi connectivity index (χ1) is 15.4. The van der Waals surface area contributed by atoms with Gasteiger partial charge in [0.15, 0.2) is 0 Å². The third-order valence-corrected chi connectivity index (χ3v) is 6.99. The quantitative estimate of drug-likeness (QED) is 0.719. The van der Waals surface area contributed by atoms with Gasteiger partial charge in [-0.2, -0.15) is 13.2 Å². The van der Waals surface area contributed by atoms with E-state index >= 15 is 0 Å². The molecule has 176 valence electrons. The van der Waals surface area contributed by atoms with Gasteiger partial charge in [-0.15, -0.1) is 0 Å². The lowest BCUT2D eigenvalue weighted by atomic mass is 9.86. The summed E-state index contributed by atoms with van der Waals surface area (Å²) in [6, 6.07) is 10.5. The molecule has 3 heterocycles. The van der Waals surface area contributed by atoms with E-state index in [1.165, 1.54) is 23.6 Å². The summed E-state index contributed by atoms with van der Waals surface area (Å²) in [5, 5.41) is 3.42. The number of allylic oxidation sites excluding steroid dienone is 3. The minimum absolute atomic E-state index is 0.0919. The molecule has 1 atom stereocenters. The van der Waals surface area contributed by atoms with Crippen LogP contribution >= 0.6 is 0 Å². The maximum atomic E-state index is 13.3. The van der Waals surface area contributed by atoms with E-state index in [0.717, 1.165) is 51.6 Å². The number of benzene rings is 1. The third kappa shape index (κ3) is 5.36. The topological polar surface area (TPSA) is 31.0 Å². The molecule has 0 spiro atoms. The molecule has 8 heteroatoms. The zero-order chi connectivity index (χ0) is 22.6. The zero-order valence-corrected chi connectivity index (χ0v) is 18.7. The Bertz CT molecular complexity index is 797. The number of piperazine rings is 1. The molecule has 0 bridgehead atoms. The van der Waals surface area contributed by atoms with Crippen LogP contribution in [0.25, 0.3) is 0 Å². The number of nitrogens with one attached hydrogen (secondary N) is 1. The molecule has 5 nitrogen and oxygen atoms in total. The molecule has 3 aliphatic heterocycles. The first-order valence-corrected chi connectivity index (χ1v) is 11.4. The van der Waals surface area contributed by atoms with E-state index in [2.05, 4.69) is 39.4 Å². The lowest BCUT2D eigenvalue weighted by Crippen LogP contribution is -2.64. The van der Waals surface area contributed by atoms with Crippen LogP contribution in [0.4, 0.5) is 13.2 Å². The number of hydrogen-bond acceptors (Lipinski definition) is 5. The van der Waals surface area contributed by atoms with Gasteiger partial charge in [0, 0.05) is 65.1 Å². The molecule has 1 unspecified atom stereocenters. The van der Waals surface area contributed by atoms with Crippen molar-refractivity contribution < 1.29 is 17.9 Å². The van der Waals surface area contributed by atoms with Crippen molar-refractivity contribution >= 4 is 0 Å². The predicted molar refractivity (Wildman–Crippen MR) is 119 cm³/mol. The molecule has 0 amide bonds. The summed E-state index contributed by atoms with van der Waals surface area (Å²) in [6.45, 7) is 6.86. The summed E-state index contributed by atoms with van der Waals surface area (Å²) in [5.74, 6) is 0. The first-order valence-electron chi connectivity index (χ1n) is 11.4. The van der Waals surface area contributed by atoms with Gasteiger partial charge in [-0.1, -0.05) is 36.4 Å². The minimum Gasteiger partial charge on any atom is -0.381 e. The Morgan fingerprint density at radius 1 is 1.06 bits per heavy atom. The number of hydrogen-bond donors (Lipinski definition) is 1. The first kappa shape index (κ1) is 23.3. The molecule has 2 saturated heterocycles. The number of ether oxygens (including phenoxy) is 1. The van der Waals surface area contributed by atoms with Gasteiger partial charge in [0.25, 0.3) is 0 Å². The van der Waals surface area contributed by atoms with E-state index in [-0.39, 0.29) is 5.54 Å². The number of alkyl halides is 3. The van der Waals surface area contributed by atoms with Gasteiger partial charge in [-0.05, 0) is 30.6 Å². The van der Waals surface area contributed by atoms with Gasteiger partial charge in [0.2, 0.25) is 0 Å². The van der Waals surface area contributed by atoms with Crippen molar-refractivity contribution in [3.63, 3.8) is 0 Å². The Labute approximate surface area is 188 Å². The van der Waals surface area contributed by atoms with Crippen molar-refractivity contribution in [3.05, 3.63) is 59.8 Å². The van der Waals surface area contributed by atoms with Crippen LogP contribution in [-0.2, 0) is 11.3 Å². The van der Waals surface area contributed by atoms with Crippen molar-refractivity contribution in [1.29, 1.82) is 0 Å². The number of likely N-dealkylation sites (N-methyl/N-ethyl adjacent to an activating group) is 1. The average molecular weight is 451 g/mol. The van der Waals surface area contributed by atoms with Crippen LogP contribution in [0.3, 0.4) is 0 Å². The standard InChI is InChI=1S/C24H33F3N4O/c1-29-21(24(25,26)27)8-5-9-22(29)28-19-23(10-16-32-17-11-23)31-14-12-30(13-15-31)18-20-6-3-2-4-7-20/h2-9,22,28H,10-19H2,1H3. The fourth-order valence-electron chi connectivity index (χ4n) is 5.02. The van der Waals surface area contributed by atoms with E-state index in [0.29, 0.717) is 19.8 Å². The molecule has 0 radical (unpaired) electrons. The highest BCUT2D eigenvalue weighted by Gasteiger charge is 2.42. The predicted octanol–water partition coefficient (Wildman–Crippen LogP) is 3.22. The molecule has 3 aliphatic rings. The van der Waals surface area contributed by atoms with Crippen molar-refractivity contribution in [1.82, 2.24) is 20.0 Å². The molecule has 0 aromatic heterocycles. The highest BCUT2D eigenvalue weighted by Crippen LogP contribution is 2.32. The van der Waals surface area contributed by atoms with E-state index < -0.39 is 18.0 Å². The summed E-state index contributed by atoms with van der Waals surface area (Å²) in [4.78, 5) is 6.30. The molecule has 2 fully saturated rings. The minimum atomic E-state index is -4.36. The van der Waals surface area contributed by atoms with Gasteiger partial charge >= 0.3 is 6.18 Å². The SMILES string of the molecule is CN1C(C(F)(F)F)=CC=CC1NCC1(N2CCN(Cc3ccccc3)CC2)CCOCC1. The summed E-state index contributed by atoms with van der Waals surface area (Å²) in [6.07, 6.45) is 1.37. The second kappa shape index (κ2) is 9.95. The Hall–Kier alpha value is -1.87. The molecule has 32 heavy (non-hydrogen) atoms. The van der Waals surface area contributed by atoms with E-state index in [9.17, 15) is 13.2 Å². The van der Waals surface area contributed by atoms with Crippen LogP contribution < -0.4 is 5.32 Å². The molecule has 1 N–H and O–H groups in total. The van der Waals surface area contributed by atoms with Gasteiger partial charge in [0.05, 0.1) is 6.17 Å². The van der Waals surface area contributed by atoms with E-state index in [4.69, 9.17) is 4.74 Å². The summed E-state index contributed by atoms with van der Waals surface area (Å²) >= 11 is 0. The Balaban J connectivity index is 1.37. The second-order valence-electron chi connectivity index (χ2n) is 8.96. The highest BCUT2D eigenvalue weighted by atomic mass is 19.4. The molecular formula is C24H33F3N4O. The Morgan fingerprint density at radius 2 is 1.75 bits per heavy atom. The van der Waals surface area contributed by atoms with Gasteiger partial charge < -0.3 is 9.64 Å². The van der Waals surface area contributed by atoms with Crippen LogP contribution in [0.5, 0.6) is 0 Å². The van der Waals surface area contributed by atoms with Crippen LogP contribution in [0.2, 0.25) is 0 Å². The van der Waals surface area contributed by atoms with Crippen molar-refractivity contribution in [3.8, 4) is 0 Å². The van der Waals surface area contributed by atoms with E-state index in [1.54, 1.807) is 6.08 Å². The number of nitrogens with zero attached hydrogens (tertiary/aromatic N) is 3. The maximum absolute atomic E-state index is 13.3. The molecular weight excluding hydrogens is 417 g/mol. The largest absolute Gasteiger partial charge is 0.431 e. The second-order valence-corrected chi connectivity index (χ2v) is 8.96. The summed E-state index contributed by atoms with van der Waals surface area (Å²) in [5.41, 5.74) is 0.614. The Morgan fingerprint density at radius 3 is 2.41 bits per heavy atom. The monoisotopic (exact) mass is 450 g/mol. The summed E-state index contributed by atoms with van der Waals surface area (Å²) in [7, 11) is 1.50. The van der Waals surface area contributed by atoms with Crippen LogP contribution in [0.1, 0.15) is 18.4 Å². The Kier molecular flexibility index (Phi) is 7.24. The molecule has 1 aromatic rings. The van der Waals surface area contributed by atoms with Crippen LogP contribution in [0.15, 0.2) is 54.3 Å². The number of halogens is 3. The van der Waals surface area contributed by atoms with Crippen molar-refractivity contribution in [2.45, 2.75) is 37.3 Å². The van der Waals surface area contributed by atoms with Gasteiger partial charge in [0.1, 0.15) is 5.70 Å². The van der Waals surface area contributed by atoms with Gasteiger partial charge in [-0.3, -0.25) is 15.1 Å². The molecule has 0 saturated carbocycles. The maximum Gasteiger partial charge on any atom is 0.431 e. The fourth-order valence-corrected chi connectivity index (χ4v) is 5.02. The normalized spacial score (nSPS) is 25.1. The van der Waals surface area contributed by atoms with Crippen LogP contribution in [-0.4, -0.2) is 85.6 Å².